The molecule has 68 valence electrons. The molecule has 0 saturated heterocycles. The summed E-state index contributed by atoms with van der Waals surface area (Å²) in [6.45, 7) is 0. The smallest absolute Gasteiger partial charge is 0.248 e. The molecule has 0 aromatic heterocycles. The second-order valence-corrected chi connectivity index (χ2v) is 3.08. The lowest BCUT2D eigenvalue weighted by molar-refractivity contribution is -0.118. The molecule has 1 unspecified atom stereocenters. The first-order chi connectivity index (χ1) is 6.11. The van der Waals surface area contributed by atoms with Crippen LogP contribution in [0.1, 0.15) is 11.6 Å². The monoisotopic (exact) mass is 180 g/mol. The molecule has 0 saturated carbocycles. The van der Waals surface area contributed by atoms with E-state index in [4.69, 9.17) is 5.73 Å². The van der Waals surface area contributed by atoms with Crippen LogP contribution in [0.5, 0.6) is 0 Å². The zero-order valence-electron chi connectivity index (χ0n) is 7.12. The Kier molecular flexibility index (Phi) is 1.60. The van der Waals surface area contributed by atoms with E-state index in [0.29, 0.717) is 11.3 Å². The molecule has 1 aliphatic heterocycles. The van der Waals surface area contributed by atoms with E-state index in [9.17, 15) is 9.18 Å². The predicted molar refractivity (Wildman–Crippen MR) is 46.7 cm³/mol. The number of nitrogens with two attached hydrogens (primary N) is 1. The van der Waals surface area contributed by atoms with Gasteiger partial charge in [0.2, 0.25) is 5.91 Å². The average Bonchev–Trinajstić information content (AvgIpc) is 2.32. The number of hydrogen-bond acceptors (Lipinski definition) is 2. The largest absolute Gasteiger partial charge is 0.316 e. The maximum Gasteiger partial charge on any atom is 0.248 e. The summed E-state index contributed by atoms with van der Waals surface area (Å²) in [6.07, 6.45) is 0. The Morgan fingerprint density at radius 2 is 2.23 bits per heavy atom. The van der Waals surface area contributed by atoms with Crippen LogP contribution in [-0.2, 0) is 4.79 Å². The zero-order valence-corrected chi connectivity index (χ0v) is 7.12. The van der Waals surface area contributed by atoms with Gasteiger partial charge >= 0.3 is 0 Å². The summed E-state index contributed by atoms with van der Waals surface area (Å²) in [5.41, 5.74) is 6.87. The van der Waals surface area contributed by atoms with Gasteiger partial charge in [-0.15, -0.1) is 0 Å². The third kappa shape index (κ3) is 1.02. The molecule has 1 aromatic rings. The zero-order chi connectivity index (χ0) is 9.59. The summed E-state index contributed by atoms with van der Waals surface area (Å²) in [5, 5.41) is 0. The van der Waals surface area contributed by atoms with Crippen LogP contribution in [0, 0.1) is 5.82 Å². The lowest BCUT2D eigenvalue weighted by Gasteiger charge is -2.08. The Morgan fingerprint density at radius 3 is 2.92 bits per heavy atom. The number of anilines is 1. The minimum absolute atomic E-state index is 0.194. The number of rotatable bonds is 0. The number of likely N-dealkylation sites (N-methyl/N-ethyl adjacent to an activating group) is 1. The maximum atomic E-state index is 12.8. The summed E-state index contributed by atoms with van der Waals surface area (Å²) < 4.78 is 12.8. The van der Waals surface area contributed by atoms with Gasteiger partial charge in [-0.25, -0.2) is 4.39 Å². The molecule has 2 N–H and O–H groups in total. The lowest BCUT2D eigenvalue weighted by Crippen LogP contribution is -2.27. The Morgan fingerprint density at radius 1 is 1.54 bits per heavy atom. The van der Waals surface area contributed by atoms with Crippen molar-refractivity contribution in [3.8, 4) is 0 Å². The van der Waals surface area contributed by atoms with E-state index in [1.165, 1.54) is 17.0 Å². The summed E-state index contributed by atoms with van der Waals surface area (Å²) in [6, 6.07) is 3.54. The van der Waals surface area contributed by atoms with Gasteiger partial charge in [0.05, 0.1) is 5.69 Å². The molecular weight excluding hydrogens is 171 g/mol. The number of fused-ring (bicyclic) bond motifs is 1. The van der Waals surface area contributed by atoms with E-state index in [2.05, 4.69) is 0 Å². The van der Waals surface area contributed by atoms with Crippen molar-refractivity contribution in [1.82, 2.24) is 0 Å². The highest BCUT2D eigenvalue weighted by Crippen LogP contribution is 2.33. The quantitative estimate of drug-likeness (QED) is 0.642. The fourth-order valence-corrected chi connectivity index (χ4v) is 1.53. The van der Waals surface area contributed by atoms with E-state index < -0.39 is 6.04 Å². The van der Waals surface area contributed by atoms with E-state index in [0.717, 1.165) is 0 Å². The van der Waals surface area contributed by atoms with Crippen LogP contribution >= 0.6 is 0 Å². The van der Waals surface area contributed by atoms with Crippen LogP contribution < -0.4 is 10.6 Å². The Labute approximate surface area is 74.9 Å². The van der Waals surface area contributed by atoms with Crippen molar-refractivity contribution in [2.24, 2.45) is 5.73 Å². The minimum atomic E-state index is -0.638. The van der Waals surface area contributed by atoms with Gasteiger partial charge < -0.3 is 10.6 Å². The van der Waals surface area contributed by atoms with E-state index in [-0.39, 0.29) is 11.7 Å². The molecule has 0 radical (unpaired) electrons. The minimum Gasteiger partial charge on any atom is -0.316 e. The molecule has 0 aliphatic carbocycles. The van der Waals surface area contributed by atoms with Crippen molar-refractivity contribution in [2.75, 3.05) is 11.9 Å². The third-order valence-corrected chi connectivity index (χ3v) is 2.29. The molecule has 4 heteroatoms. The standard InChI is InChI=1S/C9H9FN2O/c1-12-7-4-5(10)2-3-6(7)8(11)9(12)13/h2-4,8H,11H2,1H3. The highest BCUT2D eigenvalue weighted by Gasteiger charge is 2.32. The van der Waals surface area contributed by atoms with Gasteiger partial charge in [0, 0.05) is 12.6 Å². The number of amides is 1. The molecule has 0 bridgehead atoms. The number of carbonyl (C=O) groups is 1. The maximum absolute atomic E-state index is 12.8. The van der Waals surface area contributed by atoms with Crippen molar-refractivity contribution in [1.29, 1.82) is 0 Å². The van der Waals surface area contributed by atoms with Crippen LogP contribution in [0.25, 0.3) is 0 Å². The van der Waals surface area contributed by atoms with Crippen molar-refractivity contribution in [2.45, 2.75) is 6.04 Å². The van der Waals surface area contributed by atoms with Gasteiger partial charge in [-0.1, -0.05) is 6.07 Å². The average molecular weight is 180 g/mol. The molecule has 3 nitrogen and oxygen atoms in total. The molecule has 1 atom stereocenters. The molecule has 1 amide bonds. The van der Waals surface area contributed by atoms with E-state index in [1.54, 1.807) is 13.1 Å². The Bertz CT molecular complexity index is 378. The van der Waals surface area contributed by atoms with Crippen LogP contribution in [-0.4, -0.2) is 13.0 Å². The SMILES string of the molecule is CN1C(=O)C(N)c2ccc(F)cc21. The lowest BCUT2D eigenvalue weighted by atomic mass is 10.1. The number of halogens is 1. The van der Waals surface area contributed by atoms with Gasteiger partial charge in [0.25, 0.3) is 0 Å². The molecule has 2 rings (SSSR count). The highest BCUT2D eigenvalue weighted by molar-refractivity contribution is 6.03. The van der Waals surface area contributed by atoms with E-state index >= 15 is 0 Å². The summed E-state index contributed by atoms with van der Waals surface area (Å²) in [7, 11) is 1.59. The number of benzene rings is 1. The summed E-state index contributed by atoms with van der Waals surface area (Å²) in [5.74, 6) is -0.548. The van der Waals surface area contributed by atoms with E-state index in [1.807, 2.05) is 0 Å². The third-order valence-electron chi connectivity index (χ3n) is 2.29. The first-order valence-electron chi connectivity index (χ1n) is 3.94. The number of nitrogens with zero attached hydrogens (tertiary/aromatic N) is 1. The summed E-state index contributed by atoms with van der Waals surface area (Å²) >= 11 is 0. The van der Waals surface area contributed by atoms with Gasteiger partial charge in [0.1, 0.15) is 11.9 Å². The molecule has 1 aliphatic rings. The Balaban J connectivity index is 2.60. The predicted octanol–water partition coefficient (Wildman–Crippen LogP) is 0.802. The van der Waals surface area contributed by atoms with Crippen molar-refractivity contribution in [3.63, 3.8) is 0 Å². The molecule has 1 aromatic carbocycles. The van der Waals surface area contributed by atoms with Crippen molar-refractivity contribution in [3.05, 3.63) is 29.6 Å². The summed E-state index contributed by atoms with van der Waals surface area (Å²) in [4.78, 5) is 12.7. The molecule has 1 heterocycles. The van der Waals surface area contributed by atoms with Crippen molar-refractivity contribution >= 4 is 11.6 Å². The number of hydrogen-bond donors (Lipinski definition) is 1. The molecule has 13 heavy (non-hydrogen) atoms. The highest BCUT2D eigenvalue weighted by atomic mass is 19.1. The van der Waals surface area contributed by atoms with Crippen LogP contribution in [0.3, 0.4) is 0 Å². The van der Waals surface area contributed by atoms with Crippen LogP contribution in [0.4, 0.5) is 10.1 Å². The normalized spacial score (nSPS) is 20.7. The second kappa shape index (κ2) is 2.53. The van der Waals surface area contributed by atoms with Gasteiger partial charge in [-0.05, 0) is 12.1 Å². The molecular formula is C9H9FN2O. The molecule has 0 spiro atoms. The van der Waals surface area contributed by atoms with Crippen molar-refractivity contribution < 1.29 is 9.18 Å². The van der Waals surface area contributed by atoms with Gasteiger partial charge in [-0.3, -0.25) is 4.79 Å². The molecule has 0 fully saturated rings. The second-order valence-electron chi connectivity index (χ2n) is 3.08. The first kappa shape index (κ1) is 8.19. The van der Waals surface area contributed by atoms with Crippen LogP contribution in [0.2, 0.25) is 0 Å². The Hall–Kier alpha value is -1.42. The fourth-order valence-electron chi connectivity index (χ4n) is 1.53. The number of carbonyl (C=O) groups excluding carboxylic acids is 1. The fraction of sp³-hybridized carbons (Fsp3) is 0.222. The topological polar surface area (TPSA) is 46.3 Å². The first-order valence-corrected chi connectivity index (χ1v) is 3.94. The van der Waals surface area contributed by atoms with Gasteiger partial charge in [0.15, 0.2) is 0 Å². The van der Waals surface area contributed by atoms with Crippen LogP contribution in [0.15, 0.2) is 18.2 Å². The van der Waals surface area contributed by atoms with Gasteiger partial charge in [-0.2, -0.15) is 0 Å².